The Kier molecular flexibility index (Phi) is 22.0. The number of hydrogen-bond donors (Lipinski definition) is 0. The fourth-order valence-electron chi connectivity index (χ4n) is 13.1. The number of hydrogen-bond acceptors (Lipinski definition) is 11. The second-order valence-corrected chi connectivity index (χ2v) is 26.6. The van der Waals surface area contributed by atoms with E-state index in [0.29, 0.717) is 18.8 Å². The van der Waals surface area contributed by atoms with Crippen LogP contribution in [0.5, 0.6) is 11.5 Å². The third-order valence-electron chi connectivity index (χ3n) is 18.0. The summed E-state index contributed by atoms with van der Waals surface area (Å²) in [6, 6.07) is 39.7. The Morgan fingerprint density at radius 3 is 1.82 bits per heavy atom. The SMILES string of the molecule is CCCCCCCOC1=CC=C2C(C1)SC1=CC(OCCCCCC)=CCC1N2c1ccc(-c2ccc3c(c2)/C(=C(/C#N)C(=O)OC)C2=CC(c4ccc(N5c6ccc(OCCCCCC)cc6Sc6cc(OCCCCCC)ccc65)cc4)CC=C23)cc1. The van der Waals surface area contributed by atoms with Crippen molar-refractivity contribution in [2.45, 2.75) is 183 Å². The Balaban J connectivity index is 0.855. The minimum absolute atomic E-state index is 0.00518. The molecule has 0 spiro atoms. The number of carbonyl (C=O) groups is 1. The lowest BCUT2D eigenvalue weighted by molar-refractivity contribution is -0.135. The van der Waals surface area contributed by atoms with Gasteiger partial charge in [-0.1, -0.05) is 171 Å². The second kappa shape index (κ2) is 31.0. The number of ether oxygens (including phenoxy) is 5. The summed E-state index contributed by atoms with van der Waals surface area (Å²) in [4.78, 5) is 22.2. The number of methoxy groups -OCH3 is 1. The number of fused-ring (bicyclic) bond motifs is 7. The topological polar surface area (TPSA) is 93.5 Å². The van der Waals surface area contributed by atoms with Gasteiger partial charge in [-0.3, -0.25) is 0 Å². The van der Waals surface area contributed by atoms with Crippen LogP contribution < -0.4 is 19.3 Å². The fourth-order valence-corrected chi connectivity index (χ4v) is 15.7. The Labute approximate surface area is 538 Å². The van der Waals surface area contributed by atoms with Gasteiger partial charge in [-0.2, -0.15) is 5.26 Å². The van der Waals surface area contributed by atoms with Crippen molar-refractivity contribution >= 4 is 63.4 Å². The molecule has 2 heterocycles. The van der Waals surface area contributed by atoms with E-state index in [1.807, 2.05) is 11.8 Å². The molecule has 11 heteroatoms. The molecular formula is C78H89N3O6S2. The standard InChI is InChI=1S/C78H89N3O6S2/c1-6-10-14-18-22-46-87-63-36-42-72-76(52-63)89-75-51-62(86-45-21-17-13-9-4)35-41-71(75)81(72)59-31-25-55(26-32-59)57-28-38-65-64-37-27-56(47-66(64)77(67(65)48-57)68(53-79)78(82)83-5)54-23-29-58(30-24-54)80-69-39-33-60(84-43-19-15-11-7-2)49-73(69)88-74-50-61(34-40-70(74)80)85-44-20-16-12-8-3/h23-26,28-40,42,47-51,56,71,76H,6-22,27,41,43-46,52H2,1-5H3/b77-68-. The lowest BCUT2D eigenvalue weighted by atomic mass is 9.84. The lowest BCUT2D eigenvalue weighted by Gasteiger charge is -2.46. The van der Waals surface area contributed by atoms with E-state index in [9.17, 15) is 10.1 Å². The predicted molar refractivity (Wildman–Crippen MR) is 368 cm³/mol. The predicted octanol–water partition coefficient (Wildman–Crippen LogP) is 21.4. The highest BCUT2D eigenvalue weighted by molar-refractivity contribution is 8.04. The number of allylic oxidation sites excluding steroid dienone is 9. The van der Waals surface area contributed by atoms with Crippen LogP contribution in [0, 0.1) is 11.3 Å². The molecule has 0 amide bonds. The maximum absolute atomic E-state index is 13.7. The highest BCUT2D eigenvalue weighted by Crippen LogP contribution is 2.55. The lowest BCUT2D eigenvalue weighted by Crippen LogP contribution is -2.44. The molecule has 0 radical (unpaired) electrons. The largest absolute Gasteiger partial charge is 0.498 e. The zero-order valence-corrected chi connectivity index (χ0v) is 54.7. The molecule has 3 atom stereocenters. The molecule has 1 saturated heterocycles. The van der Waals surface area contributed by atoms with Crippen LogP contribution in [-0.2, 0) is 19.0 Å². The van der Waals surface area contributed by atoms with E-state index in [2.05, 4.69) is 183 Å². The first-order chi connectivity index (χ1) is 43.8. The number of benzene rings is 5. The minimum atomic E-state index is -0.643. The molecule has 0 N–H and O–H groups in total. The van der Waals surface area contributed by atoms with Crippen molar-refractivity contribution in [3.63, 3.8) is 0 Å². The molecule has 5 aromatic carbocycles. The highest BCUT2D eigenvalue weighted by Gasteiger charge is 2.40. The number of nitrogens with zero attached hydrogens (tertiary/aromatic N) is 3. The van der Waals surface area contributed by atoms with Crippen LogP contribution in [0.3, 0.4) is 0 Å². The van der Waals surface area contributed by atoms with Crippen LogP contribution in [0.1, 0.15) is 179 Å². The zero-order valence-electron chi connectivity index (χ0n) is 53.1. The molecule has 5 aromatic rings. The summed E-state index contributed by atoms with van der Waals surface area (Å²) in [5.74, 6) is 3.18. The van der Waals surface area contributed by atoms with Crippen molar-refractivity contribution < 1.29 is 28.5 Å². The maximum atomic E-state index is 13.7. The minimum Gasteiger partial charge on any atom is -0.498 e. The number of anilines is 4. The van der Waals surface area contributed by atoms with Crippen molar-refractivity contribution in [2.75, 3.05) is 43.3 Å². The fraction of sp³-hybridized carbons (Fsp3) is 0.410. The Hall–Kier alpha value is -7.26. The van der Waals surface area contributed by atoms with E-state index in [4.69, 9.17) is 23.7 Å². The van der Waals surface area contributed by atoms with Gasteiger partial charge in [0.05, 0.1) is 62.0 Å². The van der Waals surface area contributed by atoms with E-state index in [1.54, 1.807) is 11.8 Å². The molecule has 464 valence electrons. The van der Waals surface area contributed by atoms with Gasteiger partial charge < -0.3 is 33.5 Å². The summed E-state index contributed by atoms with van der Waals surface area (Å²) in [5.41, 5.74) is 13.3. The van der Waals surface area contributed by atoms with Crippen LogP contribution in [0.15, 0.2) is 183 Å². The van der Waals surface area contributed by atoms with Crippen molar-refractivity contribution in [1.29, 1.82) is 5.26 Å². The van der Waals surface area contributed by atoms with Gasteiger partial charge in [0.25, 0.3) is 0 Å². The molecule has 4 aliphatic carbocycles. The number of thioether (sulfide) groups is 1. The Morgan fingerprint density at radius 1 is 0.596 bits per heavy atom. The first kappa shape index (κ1) is 63.3. The number of rotatable bonds is 30. The molecule has 0 aromatic heterocycles. The first-order valence-corrected chi connectivity index (χ1v) is 35.1. The summed E-state index contributed by atoms with van der Waals surface area (Å²) < 4.78 is 30.8. The van der Waals surface area contributed by atoms with Crippen molar-refractivity contribution in [2.24, 2.45) is 0 Å². The van der Waals surface area contributed by atoms with Crippen molar-refractivity contribution in [3.05, 3.63) is 190 Å². The van der Waals surface area contributed by atoms with Crippen LogP contribution in [-0.4, -0.2) is 50.8 Å². The molecule has 9 nitrogen and oxygen atoms in total. The normalized spacial score (nSPS) is 18.4. The molecule has 2 aliphatic heterocycles. The van der Waals surface area contributed by atoms with Crippen molar-refractivity contribution in [3.8, 4) is 28.7 Å². The third-order valence-corrected chi connectivity index (χ3v) is 20.4. The van der Waals surface area contributed by atoms with Crippen LogP contribution in [0.25, 0.3) is 22.3 Å². The van der Waals surface area contributed by atoms with Gasteiger partial charge in [0.15, 0.2) is 0 Å². The molecule has 3 unspecified atom stereocenters. The Morgan fingerprint density at radius 2 is 1.19 bits per heavy atom. The van der Waals surface area contributed by atoms with E-state index in [1.165, 1.54) is 101 Å². The van der Waals surface area contributed by atoms with Crippen LogP contribution in [0.4, 0.5) is 22.7 Å². The van der Waals surface area contributed by atoms with Gasteiger partial charge in [-0.25, -0.2) is 4.79 Å². The monoisotopic (exact) mass is 1230 g/mol. The first-order valence-electron chi connectivity index (χ1n) is 33.4. The molecule has 6 aliphatic rings. The zero-order chi connectivity index (χ0) is 61.5. The van der Waals surface area contributed by atoms with Gasteiger partial charge in [0.2, 0.25) is 0 Å². The molecule has 11 rings (SSSR count). The smallest absolute Gasteiger partial charge is 0.349 e. The number of nitriles is 1. The van der Waals surface area contributed by atoms with Gasteiger partial charge in [-0.15, -0.1) is 11.8 Å². The van der Waals surface area contributed by atoms with E-state index in [-0.39, 0.29) is 22.8 Å². The second-order valence-electron chi connectivity index (χ2n) is 24.3. The van der Waals surface area contributed by atoms with Gasteiger partial charge in [-0.05, 0) is 169 Å². The summed E-state index contributed by atoms with van der Waals surface area (Å²) in [7, 11) is 1.35. The van der Waals surface area contributed by atoms with Gasteiger partial charge in [0.1, 0.15) is 28.9 Å². The van der Waals surface area contributed by atoms with Crippen molar-refractivity contribution in [1.82, 2.24) is 0 Å². The van der Waals surface area contributed by atoms with E-state index < -0.39 is 5.97 Å². The van der Waals surface area contributed by atoms with Crippen LogP contribution >= 0.6 is 23.5 Å². The number of carbonyl (C=O) groups excluding carboxylic acids is 1. The van der Waals surface area contributed by atoms with E-state index >= 15 is 0 Å². The summed E-state index contributed by atoms with van der Waals surface area (Å²) in [6.45, 7) is 11.9. The third kappa shape index (κ3) is 14.8. The summed E-state index contributed by atoms with van der Waals surface area (Å²) in [6.07, 6.45) is 36.1. The summed E-state index contributed by atoms with van der Waals surface area (Å²) in [5, 5.41) is 11.0. The summed E-state index contributed by atoms with van der Waals surface area (Å²) >= 11 is 3.74. The molecular weight excluding hydrogens is 1140 g/mol. The molecule has 1 fully saturated rings. The van der Waals surface area contributed by atoms with Gasteiger partial charge in [0, 0.05) is 49.7 Å². The Bertz CT molecular complexity index is 3520. The average molecular weight is 1230 g/mol. The molecule has 0 bridgehead atoms. The quantitative estimate of drug-likeness (QED) is 0.0187. The molecule has 0 saturated carbocycles. The maximum Gasteiger partial charge on any atom is 0.349 e. The van der Waals surface area contributed by atoms with Gasteiger partial charge >= 0.3 is 5.97 Å². The number of esters is 1. The van der Waals surface area contributed by atoms with Crippen LogP contribution in [0.2, 0.25) is 0 Å². The number of unbranched alkanes of at least 4 members (excludes halogenated alkanes) is 13. The highest BCUT2D eigenvalue weighted by atomic mass is 32.2. The average Bonchev–Trinajstić information content (AvgIpc) is 1.97. The van der Waals surface area contributed by atoms with E-state index in [0.717, 1.165) is 153 Å². The molecule has 89 heavy (non-hydrogen) atoms.